The molecule has 0 spiro atoms. The van der Waals surface area contributed by atoms with Crippen molar-refractivity contribution in [2.75, 3.05) is 11.9 Å². The van der Waals surface area contributed by atoms with Gasteiger partial charge in [0.05, 0.1) is 15.9 Å². The number of benzene rings is 2. The molecule has 0 saturated heterocycles. The fourth-order valence-corrected chi connectivity index (χ4v) is 4.55. The summed E-state index contributed by atoms with van der Waals surface area (Å²) in [6.07, 6.45) is 0.405. The number of fused-ring (bicyclic) bond motifs is 2. The standard InChI is InChI=1S/C23H25N3O3S/c1-14(27)24-19-12-15-9-10-26(22(28)29-23(2,3)4)13-16(15)11-17(19)21-25-18-7-5-6-8-20(18)30-21/h5-8,11-12H,9-10,13H2,1-4H3,(H,24,27). The SMILES string of the molecule is CC(=O)Nc1cc2c(cc1-c1nc3ccccc3s1)CN(C(=O)OC(C)(C)C)CC2. The van der Waals surface area contributed by atoms with E-state index >= 15 is 0 Å². The number of hydrogen-bond acceptors (Lipinski definition) is 5. The van der Waals surface area contributed by atoms with Gasteiger partial charge in [-0.05, 0) is 62.6 Å². The lowest BCUT2D eigenvalue weighted by molar-refractivity contribution is -0.114. The minimum atomic E-state index is -0.529. The summed E-state index contributed by atoms with van der Waals surface area (Å²) < 4.78 is 6.64. The molecule has 0 atom stereocenters. The predicted octanol–water partition coefficient (Wildman–Crippen LogP) is 5.21. The molecular weight excluding hydrogens is 398 g/mol. The third-order valence-electron chi connectivity index (χ3n) is 4.84. The Morgan fingerprint density at radius 1 is 1.17 bits per heavy atom. The molecule has 1 aromatic heterocycles. The topological polar surface area (TPSA) is 71.5 Å². The van der Waals surface area contributed by atoms with Crippen molar-refractivity contribution in [3.8, 4) is 10.6 Å². The molecule has 0 unspecified atom stereocenters. The molecule has 4 rings (SSSR count). The zero-order valence-electron chi connectivity index (χ0n) is 17.6. The highest BCUT2D eigenvalue weighted by Gasteiger charge is 2.27. The molecule has 156 valence electrons. The Morgan fingerprint density at radius 3 is 2.63 bits per heavy atom. The van der Waals surface area contributed by atoms with Crippen molar-refractivity contribution in [3.63, 3.8) is 0 Å². The fraction of sp³-hybridized carbons (Fsp3) is 0.348. The van der Waals surface area contributed by atoms with Crippen LogP contribution in [-0.4, -0.2) is 34.0 Å². The zero-order chi connectivity index (χ0) is 21.5. The summed E-state index contributed by atoms with van der Waals surface area (Å²) in [5, 5.41) is 3.80. The molecule has 0 saturated carbocycles. The maximum Gasteiger partial charge on any atom is 0.410 e. The Kier molecular flexibility index (Phi) is 5.24. The molecule has 30 heavy (non-hydrogen) atoms. The average Bonchev–Trinajstić information content (AvgIpc) is 3.09. The molecule has 1 aliphatic rings. The minimum absolute atomic E-state index is 0.122. The average molecular weight is 424 g/mol. The van der Waals surface area contributed by atoms with E-state index in [0.29, 0.717) is 19.5 Å². The Labute approximate surface area is 179 Å². The quantitative estimate of drug-likeness (QED) is 0.614. The molecule has 0 fully saturated rings. The van der Waals surface area contributed by atoms with E-state index in [4.69, 9.17) is 9.72 Å². The lowest BCUT2D eigenvalue weighted by Gasteiger charge is -2.31. The van der Waals surface area contributed by atoms with E-state index in [2.05, 4.69) is 11.4 Å². The third kappa shape index (κ3) is 4.31. The van der Waals surface area contributed by atoms with Crippen molar-refractivity contribution < 1.29 is 14.3 Å². The molecule has 1 N–H and O–H groups in total. The molecule has 2 amide bonds. The lowest BCUT2D eigenvalue weighted by Crippen LogP contribution is -2.39. The number of thiazole rings is 1. The Balaban J connectivity index is 1.72. The van der Waals surface area contributed by atoms with Gasteiger partial charge in [0.15, 0.2) is 0 Å². The fourth-order valence-electron chi connectivity index (χ4n) is 3.55. The van der Waals surface area contributed by atoms with Crippen LogP contribution in [0.3, 0.4) is 0 Å². The van der Waals surface area contributed by atoms with Crippen molar-refractivity contribution in [1.82, 2.24) is 9.88 Å². The van der Waals surface area contributed by atoms with E-state index < -0.39 is 5.60 Å². The first kappa shape index (κ1) is 20.3. The summed E-state index contributed by atoms with van der Waals surface area (Å²) in [7, 11) is 0. The van der Waals surface area contributed by atoms with Gasteiger partial charge in [0.25, 0.3) is 0 Å². The van der Waals surface area contributed by atoms with Crippen LogP contribution in [-0.2, 0) is 22.5 Å². The zero-order valence-corrected chi connectivity index (χ0v) is 18.4. The van der Waals surface area contributed by atoms with Gasteiger partial charge in [-0.1, -0.05) is 12.1 Å². The number of carbonyl (C=O) groups is 2. The summed E-state index contributed by atoms with van der Waals surface area (Å²) >= 11 is 1.59. The molecule has 2 heterocycles. The van der Waals surface area contributed by atoms with Crippen LogP contribution >= 0.6 is 11.3 Å². The van der Waals surface area contributed by atoms with Crippen LogP contribution in [0.5, 0.6) is 0 Å². The van der Waals surface area contributed by atoms with Gasteiger partial charge < -0.3 is 15.0 Å². The van der Waals surface area contributed by atoms with Gasteiger partial charge in [-0.2, -0.15) is 0 Å². The number of ether oxygens (including phenoxy) is 1. The summed E-state index contributed by atoms with van der Waals surface area (Å²) in [5.74, 6) is -0.122. The second-order valence-electron chi connectivity index (χ2n) is 8.49. The van der Waals surface area contributed by atoms with Gasteiger partial charge in [0.2, 0.25) is 5.91 Å². The maximum atomic E-state index is 12.5. The van der Waals surface area contributed by atoms with Crippen molar-refractivity contribution in [2.24, 2.45) is 0 Å². The largest absolute Gasteiger partial charge is 0.444 e. The van der Waals surface area contributed by atoms with Crippen LogP contribution in [0, 0.1) is 0 Å². The van der Waals surface area contributed by atoms with E-state index in [1.54, 1.807) is 16.2 Å². The van der Waals surface area contributed by atoms with Crippen molar-refractivity contribution in [2.45, 2.75) is 46.3 Å². The van der Waals surface area contributed by atoms with Crippen LogP contribution < -0.4 is 5.32 Å². The third-order valence-corrected chi connectivity index (χ3v) is 5.91. The molecule has 1 aliphatic heterocycles. The highest BCUT2D eigenvalue weighted by molar-refractivity contribution is 7.21. The van der Waals surface area contributed by atoms with Gasteiger partial charge in [-0.3, -0.25) is 4.79 Å². The second-order valence-corrected chi connectivity index (χ2v) is 9.52. The number of anilines is 1. The van der Waals surface area contributed by atoms with Crippen LogP contribution in [0.2, 0.25) is 0 Å². The number of rotatable bonds is 2. The van der Waals surface area contributed by atoms with Gasteiger partial charge in [0, 0.05) is 25.6 Å². The number of nitrogens with zero attached hydrogens (tertiary/aromatic N) is 2. The Hall–Kier alpha value is -2.93. The molecule has 7 heteroatoms. The highest BCUT2D eigenvalue weighted by Crippen LogP contribution is 2.37. The van der Waals surface area contributed by atoms with Gasteiger partial charge >= 0.3 is 6.09 Å². The number of hydrogen-bond donors (Lipinski definition) is 1. The first-order valence-corrected chi connectivity index (χ1v) is 10.8. The molecule has 0 aliphatic carbocycles. The van der Waals surface area contributed by atoms with Gasteiger partial charge in [-0.25, -0.2) is 9.78 Å². The maximum absolute atomic E-state index is 12.5. The van der Waals surface area contributed by atoms with Crippen molar-refractivity contribution >= 4 is 39.2 Å². The summed E-state index contributed by atoms with van der Waals surface area (Å²) in [4.78, 5) is 30.9. The Bertz CT molecular complexity index is 1100. The number of para-hydroxylation sites is 1. The Morgan fingerprint density at radius 2 is 1.93 bits per heavy atom. The lowest BCUT2D eigenvalue weighted by atomic mass is 9.96. The smallest absolute Gasteiger partial charge is 0.410 e. The summed E-state index contributed by atoms with van der Waals surface area (Å²) in [6.45, 7) is 8.17. The van der Waals surface area contributed by atoms with E-state index in [9.17, 15) is 9.59 Å². The molecule has 3 aromatic rings. The molecular formula is C23H25N3O3S. The van der Waals surface area contributed by atoms with Gasteiger partial charge in [-0.15, -0.1) is 11.3 Å². The molecule has 0 radical (unpaired) electrons. The number of nitrogens with one attached hydrogen (secondary N) is 1. The summed E-state index contributed by atoms with van der Waals surface area (Å²) in [5.41, 5.74) is 4.21. The van der Waals surface area contributed by atoms with E-state index in [1.165, 1.54) is 6.92 Å². The van der Waals surface area contributed by atoms with Crippen LogP contribution in [0.1, 0.15) is 38.8 Å². The predicted molar refractivity (Wildman–Crippen MR) is 120 cm³/mol. The first-order valence-electron chi connectivity index (χ1n) is 9.97. The second kappa shape index (κ2) is 7.72. The van der Waals surface area contributed by atoms with Crippen LogP contribution in [0.25, 0.3) is 20.8 Å². The van der Waals surface area contributed by atoms with Crippen LogP contribution in [0.15, 0.2) is 36.4 Å². The molecule has 6 nitrogen and oxygen atoms in total. The van der Waals surface area contributed by atoms with Gasteiger partial charge in [0.1, 0.15) is 10.6 Å². The monoisotopic (exact) mass is 423 g/mol. The first-order chi connectivity index (χ1) is 14.2. The minimum Gasteiger partial charge on any atom is -0.444 e. The van der Waals surface area contributed by atoms with Crippen LogP contribution in [0.4, 0.5) is 10.5 Å². The molecule has 2 aromatic carbocycles. The highest BCUT2D eigenvalue weighted by atomic mass is 32.1. The van der Waals surface area contributed by atoms with E-state index in [-0.39, 0.29) is 12.0 Å². The van der Waals surface area contributed by atoms with E-state index in [1.807, 2.05) is 51.1 Å². The number of amides is 2. The van der Waals surface area contributed by atoms with Crippen molar-refractivity contribution in [3.05, 3.63) is 47.5 Å². The number of carbonyl (C=O) groups excluding carboxylic acids is 2. The van der Waals surface area contributed by atoms with Crippen molar-refractivity contribution in [1.29, 1.82) is 0 Å². The van der Waals surface area contributed by atoms with E-state index in [0.717, 1.165) is 37.6 Å². The number of aromatic nitrogens is 1. The molecule has 0 bridgehead atoms. The summed E-state index contributed by atoms with van der Waals surface area (Å²) in [6, 6.07) is 12.0. The normalized spacial score (nSPS) is 13.8.